The number of anilines is 1. The Morgan fingerprint density at radius 1 is 1.26 bits per heavy atom. The molecule has 0 aliphatic rings. The van der Waals surface area contributed by atoms with Gasteiger partial charge in [0.05, 0.1) is 12.8 Å². The van der Waals surface area contributed by atoms with Crippen molar-refractivity contribution in [2.75, 3.05) is 12.4 Å². The minimum atomic E-state index is -0.403. The third-order valence-electron chi connectivity index (χ3n) is 3.47. The number of fused-ring (bicyclic) bond motifs is 1. The average molecular weight is 314 g/mol. The number of carbonyl (C=O) groups is 1. The number of amides is 1. The van der Waals surface area contributed by atoms with E-state index in [-0.39, 0.29) is 17.1 Å². The number of carbonyl (C=O) groups excluding carboxylic acids is 1. The molecule has 1 amide bonds. The molecule has 0 atom stereocenters. The van der Waals surface area contributed by atoms with Gasteiger partial charge in [-0.05, 0) is 12.1 Å². The molecule has 0 bridgehead atoms. The Hall–Kier alpha value is -2.76. The number of aromatic nitrogens is 1. The molecule has 0 spiro atoms. The topological polar surface area (TPSA) is 77.5 Å². The number of hydrogen-bond donors (Lipinski definition) is 1. The number of hydrogen-bond acceptors (Lipinski definition) is 5. The lowest BCUT2D eigenvalue weighted by molar-refractivity contribution is 0.0995. The van der Waals surface area contributed by atoms with Gasteiger partial charge in [0.25, 0.3) is 5.91 Å². The minimum absolute atomic E-state index is 0.154. The monoisotopic (exact) mass is 314 g/mol. The van der Waals surface area contributed by atoms with E-state index in [1.165, 1.54) is 0 Å². The summed E-state index contributed by atoms with van der Waals surface area (Å²) < 4.78 is 16.0. The maximum atomic E-state index is 12.3. The molecule has 1 N–H and O–H groups in total. The van der Waals surface area contributed by atoms with Gasteiger partial charge in [-0.1, -0.05) is 38.1 Å². The third kappa shape index (κ3) is 2.92. The molecule has 6 nitrogen and oxygen atoms in total. The molecule has 6 heteroatoms. The highest BCUT2D eigenvalue weighted by Gasteiger charge is 2.21. The van der Waals surface area contributed by atoms with Crippen LogP contribution in [0.2, 0.25) is 0 Å². The summed E-state index contributed by atoms with van der Waals surface area (Å²) in [5, 5.41) is 7.40. The molecule has 0 unspecified atom stereocenters. The first kappa shape index (κ1) is 15.1. The summed E-state index contributed by atoms with van der Waals surface area (Å²) >= 11 is 0. The Balaban J connectivity index is 1.85. The molecule has 0 aliphatic heterocycles. The van der Waals surface area contributed by atoms with Crippen LogP contribution in [-0.4, -0.2) is 18.2 Å². The Bertz CT molecular complexity index is 855. The standard InChI is InChI=1S/C17H18N2O4/c1-17(2,3)13-9-14(23-19-13)18-16(20)12-8-10-6-5-7-11(21-4)15(10)22-12/h5-9H,1-4H3,(H,18,20). The minimum Gasteiger partial charge on any atom is -0.493 e. The predicted octanol–water partition coefficient (Wildman–Crippen LogP) is 3.98. The number of para-hydroxylation sites is 1. The summed E-state index contributed by atoms with van der Waals surface area (Å²) in [4.78, 5) is 12.3. The van der Waals surface area contributed by atoms with Crippen molar-refractivity contribution < 1.29 is 18.5 Å². The van der Waals surface area contributed by atoms with Gasteiger partial charge in [0, 0.05) is 16.9 Å². The number of nitrogens with zero attached hydrogens (tertiary/aromatic N) is 1. The van der Waals surface area contributed by atoms with Crippen LogP contribution in [0.15, 0.2) is 39.3 Å². The predicted molar refractivity (Wildman–Crippen MR) is 85.9 cm³/mol. The molecule has 2 heterocycles. The Morgan fingerprint density at radius 2 is 2.04 bits per heavy atom. The van der Waals surface area contributed by atoms with Gasteiger partial charge in [-0.25, -0.2) is 0 Å². The highest BCUT2D eigenvalue weighted by atomic mass is 16.5. The molecule has 3 rings (SSSR count). The lowest BCUT2D eigenvalue weighted by Gasteiger charge is -2.12. The largest absolute Gasteiger partial charge is 0.493 e. The van der Waals surface area contributed by atoms with Gasteiger partial charge in [-0.3, -0.25) is 10.1 Å². The second-order valence-electron chi connectivity index (χ2n) is 6.27. The number of methoxy groups -OCH3 is 1. The highest BCUT2D eigenvalue weighted by molar-refractivity contribution is 6.04. The number of furan rings is 1. The van der Waals surface area contributed by atoms with Gasteiger partial charge in [0.15, 0.2) is 17.1 Å². The van der Waals surface area contributed by atoms with Crippen LogP contribution >= 0.6 is 0 Å². The molecule has 3 aromatic rings. The van der Waals surface area contributed by atoms with E-state index in [0.717, 1.165) is 11.1 Å². The first-order valence-corrected chi connectivity index (χ1v) is 7.23. The fourth-order valence-corrected chi connectivity index (χ4v) is 2.17. The maximum Gasteiger partial charge on any atom is 0.293 e. The van der Waals surface area contributed by atoms with Crippen LogP contribution in [0.5, 0.6) is 5.75 Å². The van der Waals surface area contributed by atoms with Crippen LogP contribution < -0.4 is 10.1 Å². The summed E-state index contributed by atoms with van der Waals surface area (Å²) in [6.07, 6.45) is 0. The van der Waals surface area contributed by atoms with Crippen LogP contribution in [0.4, 0.5) is 5.88 Å². The van der Waals surface area contributed by atoms with Crippen molar-refractivity contribution in [2.24, 2.45) is 0 Å². The van der Waals surface area contributed by atoms with E-state index < -0.39 is 5.91 Å². The Kier molecular flexibility index (Phi) is 3.60. The lowest BCUT2D eigenvalue weighted by Crippen LogP contribution is -2.12. The molecular weight excluding hydrogens is 296 g/mol. The fourth-order valence-electron chi connectivity index (χ4n) is 2.17. The SMILES string of the molecule is COc1cccc2cc(C(=O)Nc3cc(C(C)(C)C)no3)oc12. The number of ether oxygens (including phenoxy) is 1. The Labute approximate surface area is 133 Å². The zero-order valence-corrected chi connectivity index (χ0v) is 13.5. The molecule has 120 valence electrons. The van der Waals surface area contributed by atoms with E-state index in [9.17, 15) is 4.79 Å². The van der Waals surface area contributed by atoms with Gasteiger partial charge in [-0.15, -0.1) is 0 Å². The highest BCUT2D eigenvalue weighted by Crippen LogP contribution is 2.29. The van der Waals surface area contributed by atoms with E-state index >= 15 is 0 Å². The van der Waals surface area contributed by atoms with Crippen LogP contribution in [0.25, 0.3) is 11.0 Å². The quantitative estimate of drug-likeness (QED) is 0.791. The number of benzene rings is 1. The van der Waals surface area contributed by atoms with E-state index in [4.69, 9.17) is 13.7 Å². The molecule has 23 heavy (non-hydrogen) atoms. The van der Waals surface area contributed by atoms with Crippen molar-refractivity contribution in [3.8, 4) is 5.75 Å². The van der Waals surface area contributed by atoms with Crippen molar-refractivity contribution in [3.05, 3.63) is 41.8 Å². The fraction of sp³-hybridized carbons (Fsp3) is 0.294. The summed E-state index contributed by atoms with van der Waals surface area (Å²) in [6.45, 7) is 6.05. The van der Waals surface area contributed by atoms with Gasteiger partial charge in [0.1, 0.15) is 0 Å². The molecular formula is C17H18N2O4. The van der Waals surface area contributed by atoms with E-state index in [1.807, 2.05) is 32.9 Å². The zero-order valence-electron chi connectivity index (χ0n) is 13.5. The first-order chi connectivity index (χ1) is 10.9. The molecule has 0 aliphatic carbocycles. The van der Waals surface area contributed by atoms with Gasteiger partial charge >= 0.3 is 0 Å². The van der Waals surface area contributed by atoms with Crippen molar-refractivity contribution in [1.29, 1.82) is 0 Å². The molecule has 0 fully saturated rings. The average Bonchev–Trinajstić information content (AvgIpc) is 3.12. The van der Waals surface area contributed by atoms with Crippen molar-refractivity contribution in [2.45, 2.75) is 26.2 Å². The number of nitrogens with one attached hydrogen (secondary N) is 1. The summed E-state index contributed by atoms with van der Waals surface area (Å²) in [5.41, 5.74) is 1.14. The smallest absolute Gasteiger partial charge is 0.293 e. The van der Waals surface area contributed by atoms with Crippen LogP contribution in [0, 0.1) is 0 Å². The summed E-state index contributed by atoms with van der Waals surface area (Å²) in [6, 6.07) is 8.84. The van der Waals surface area contributed by atoms with Crippen molar-refractivity contribution in [3.63, 3.8) is 0 Å². The maximum absolute atomic E-state index is 12.3. The van der Waals surface area contributed by atoms with Gasteiger partial charge in [0.2, 0.25) is 5.88 Å². The van der Waals surface area contributed by atoms with Crippen molar-refractivity contribution in [1.82, 2.24) is 5.16 Å². The summed E-state index contributed by atoms with van der Waals surface area (Å²) in [7, 11) is 1.56. The van der Waals surface area contributed by atoms with Crippen LogP contribution in [0.3, 0.4) is 0 Å². The molecule has 0 saturated carbocycles. The van der Waals surface area contributed by atoms with Crippen LogP contribution in [-0.2, 0) is 5.41 Å². The second kappa shape index (κ2) is 5.46. The van der Waals surface area contributed by atoms with Crippen LogP contribution in [0.1, 0.15) is 37.0 Å². The third-order valence-corrected chi connectivity index (χ3v) is 3.47. The lowest BCUT2D eigenvalue weighted by atomic mass is 9.92. The molecule has 0 saturated heterocycles. The zero-order chi connectivity index (χ0) is 16.6. The molecule has 2 aromatic heterocycles. The van der Waals surface area contributed by atoms with E-state index in [2.05, 4.69) is 10.5 Å². The molecule has 0 radical (unpaired) electrons. The summed E-state index contributed by atoms with van der Waals surface area (Å²) in [5.74, 6) is 0.640. The van der Waals surface area contributed by atoms with Gasteiger partial charge < -0.3 is 13.7 Å². The van der Waals surface area contributed by atoms with Crippen molar-refractivity contribution >= 4 is 22.8 Å². The van der Waals surface area contributed by atoms with Gasteiger partial charge in [-0.2, -0.15) is 0 Å². The number of rotatable bonds is 3. The second-order valence-corrected chi connectivity index (χ2v) is 6.27. The Morgan fingerprint density at radius 3 is 2.70 bits per heavy atom. The first-order valence-electron chi connectivity index (χ1n) is 7.23. The molecule has 1 aromatic carbocycles. The van der Waals surface area contributed by atoms with E-state index in [0.29, 0.717) is 11.3 Å². The normalized spacial score (nSPS) is 11.7. The van der Waals surface area contributed by atoms with E-state index in [1.54, 1.807) is 25.3 Å².